The molecule has 106 valence electrons. The molecule has 1 N–H and O–H groups in total. The van der Waals surface area contributed by atoms with Crippen LogP contribution in [0, 0.1) is 0 Å². The Morgan fingerprint density at radius 2 is 1.72 bits per heavy atom. The van der Waals surface area contributed by atoms with Gasteiger partial charge >= 0.3 is 0 Å². The maximum Gasteiger partial charge on any atom is 0.0325 e. The lowest BCUT2D eigenvalue weighted by Crippen LogP contribution is -2.60. The summed E-state index contributed by atoms with van der Waals surface area (Å²) in [7, 11) is 4.36. The van der Waals surface area contributed by atoms with Gasteiger partial charge in [0, 0.05) is 37.8 Å². The fraction of sp³-hybridized carbons (Fsp3) is 1.00. The number of nitrogens with zero attached hydrogens (tertiary/aromatic N) is 2. The van der Waals surface area contributed by atoms with Crippen LogP contribution in [0.25, 0.3) is 0 Å². The molecular weight excluding hydrogens is 222 g/mol. The summed E-state index contributed by atoms with van der Waals surface area (Å²) in [6, 6.07) is 2.15. The summed E-state index contributed by atoms with van der Waals surface area (Å²) in [6.07, 6.45) is 8.67. The molecule has 2 aliphatic rings. The Bertz CT molecular complexity index is 232. The van der Waals surface area contributed by atoms with E-state index in [0.717, 1.165) is 12.6 Å². The first kappa shape index (κ1) is 14.3. The smallest absolute Gasteiger partial charge is 0.0325 e. The average Bonchev–Trinajstić information content (AvgIpc) is 2.55. The highest BCUT2D eigenvalue weighted by Crippen LogP contribution is 2.23. The average molecular weight is 253 g/mol. The molecule has 2 rings (SSSR count). The van der Waals surface area contributed by atoms with Crippen LogP contribution in [0.4, 0.5) is 0 Å². The number of hydrogen-bond acceptors (Lipinski definition) is 3. The van der Waals surface area contributed by atoms with Crippen LogP contribution in [0.15, 0.2) is 0 Å². The van der Waals surface area contributed by atoms with E-state index in [9.17, 15) is 0 Å². The second-order valence-electron chi connectivity index (χ2n) is 6.63. The van der Waals surface area contributed by atoms with E-state index in [4.69, 9.17) is 0 Å². The molecular formula is C15H31N3. The molecule has 1 aliphatic carbocycles. The zero-order chi connectivity index (χ0) is 13.0. The van der Waals surface area contributed by atoms with E-state index in [1.807, 2.05) is 0 Å². The molecule has 3 nitrogen and oxygen atoms in total. The van der Waals surface area contributed by atoms with Gasteiger partial charge in [0.05, 0.1) is 0 Å². The van der Waals surface area contributed by atoms with E-state index >= 15 is 0 Å². The molecule has 3 heteroatoms. The van der Waals surface area contributed by atoms with Crippen LogP contribution in [0.1, 0.15) is 45.4 Å². The van der Waals surface area contributed by atoms with Crippen LogP contribution in [0.2, 0.25) is 0 Å². The van der Waals surface area contributed by atoms with Gasteiger partial charge in [-0.25, -0.2) is 0 Å². The van der Waals surface area contributed by atoms with Crippen molar-refractivity contribution >= 4 is 0 Å². The van der Waals surface area contributed by atoms with Gasteiger partial charge in [-0.3, -0.25) is 4.90 Å². The van der Waals surface area contributed by atoms with Crippen molar-refractivity contribution in [1.29, 1.82) is 0 Å². The highest BCUT2D eigenvalue weighted by molar-refractivity contribution is 4.88. The van der Waals surface area contributed by atoms with Crippen molar-refractivity contribution in [3.05, 3.63) is 0 Å². The van der Waals surface area contributed by atoms with Crippen LogP contribution in [0.3, 0.4) is 0 Å². The molecule has 0 aromatic heterocycles. The molecule has 18 heavy (non-hydrogen) atoms. The summed E-state index contributed by atoms with van der Waals surface area (Å²) >= 11 is 0. The molecule has 0 aromatic carbocycles. The predicted molar refractivity (Wildman–Crippen MR) is 78.0 cm³/mol. The Balaban J connectivity index is 1.90. The molecule has 1 heterocycles. The molecule has 0 spiro atoms. The van der Waals surface area contributed by atoms with Crippen molar-refractivity contribution in [2.24, 2.45) is 0 Å². The van der Waals surface area contributed by atoms with Crippen molar-refractivity contribution in [3.63, 3.8) is 0 Å². The van der Waals surface area contributed by atoms with Gasteiger partial charge in [-0.2, -0.15) is 0 Å². The van der Waals surface area contributed by atoms with E-state index < -0.39 is 0 Å². The molecule has 2 atom stereocenters. The Kier molecular flexibility index (Phi) is 5.46. The lowest BCUT2D eigenvalue weighted by atomic mass is 10.0. The maximum atomic E-state index is 3.75. The summed E-state index contributed by atoms with van der Waals surface area (Å²) in [5.74, 6) is 0. The normalized spacial score (nSPS) is 32.7. The third-order valence-electron chi connectivity index (χ3n) is 4.41. The van der Waals surface area contributed by atoms with Crippen molar-refractivity contribution in [3.8, 4) is 0 Å². The molecule has 0 amide bonds. The molecule has 0 bridgehead atoms. The van der Waals surface area contributed by atoms with Crippen LogP contribution < -0.4 is 5.32 Å². The quantitative estimate of drug-likeness (QED) is 0.776. The summed E-state index contributed by atoms with van der Waals surface area (Å²) in [4.78, 5) is 5.08. The fourth-order valence-corrected chi connectivity index (χ4v) is 3.69. The van der Waals surface area contributed by atoms with Crippen LogP contribution in [-0.2, 0) is 0 Å². The second-order valence-corrected chi connectivity index (χ2v) is 6.63. The molecule has 2 unspecified atom stereocenters. The van der Waals surface area contributed by atoms with Crippen LogP contribution in [-0.4, -0.2) is 61.7 Å². The molecule has 0 aromatic rings. The lowest BCUT2D eigenvalue weighted by Gasteiger charge is -2.42. The highest BCUT2D eigenvalue weighted by Gasteiger charge is 2.29. The lowest BCUT2D eigenvalue weighted by molar-refractivity contribution is 0.0979. The van der Waals surface area contributed by atoms with Gasteiger partial charge in [0.25, 0.3) is 0 Å². The van der Waals surface area contributed by atoms with Crippen LogP contribution >= 0.6 is 0 Å². The zero-order valence-electron chi connectivity index (χ0n) is 12.5. The molecule has 1 saturated carbocycles. The van der Waals surface area contributed by atoms with Crippen molar-refractivity contribution in [1.82, 2.24) is 15.1 Å². The fourth-order valence-electron chi connectivity index (χ4n) is 3.69. The van der Waals surface area contributed by atoms with Crippen molar-refractivity contribution in [2.75, 3.05) is 33.7 Å². The highest BCUT2D eigenvalue weighted by atomic mass is 15.3. The minimum Gasteiger partial charge on any atom is -0.308 e. The Hall–Kier alpha value is -0.120. The molecule has 1 saturated heterocycles. The van der Waals surface area contributed by atoms with Gasteiger partial charge in [0.2, 0.25) is 0 Å². The van der Waals surface area contributed by atoms with Crippen molar-refractivity contribution < 1.29 is 0 Å². The van der Waals surface area contributed by atoms with Gasteiger partial charge in [0.1, 0.15) is 0 Å². The molecule has 1 aliphatic heterocycles. The maximum absolute atomic E-state index is 3.75. The SMILES string of the molecule is CC1CN(C2CCCCCC2)CC(CN(C)C)N1. The van der Waals surface area contributed by atoms with Crippen molar-refractivity contribution in [2.45, 2.75) is 63.6 Å². The standard InChI is InChI=1S/C15H31N3/c1-13-10-18(12-14(16-13)11-17(2)3)15-8-6-4-5-7-9-15/h13-16H,4-12H2,1-3H3. The number of rotatable bonds is 3. The minimum absolute atomic E-state index is 0.645. The molecule has 0 radical (unpaired) electrons. The summed E-state index contributed by atoms with van der Waals surface area (Å²) < 4.78 is 0. The number of piperazine rings is 1. The summed E-state index contributed by atoms with van der Waals surface area (Å²) in [5, 5.41) is 3.75. The first-order valence-electron chi connectivity index (χ1n) is 7.80. The summed E-state index contributed by atoms with van der Waals surface area (Å²) in [5.41, 5.74) is 0. The van der Waals surface area contributed by atoms with Crippen LogP contribution in [0.5, 0.6) is 0 Å². The van der Waals surface area contributed by atoms with Gasteiger partial charge in [-0.15, -0.1) is 0 Å². The predicted octanol–water partition coefficient (Wildman–Crippen LogP) is 1.93. The van der Waals surface area contributed by atoms with Gasteiger partial charge in [-0.1, -0.05) is 25.7 Å². The van der Waals surface area contributed by atoms with Gasteiger partial charge in [-0.05, 0) is 33.9 Å². The number of hydrogen-bond donors (Lipinski definition) is 1. The van der Waals surface area contributed by atoms with E-state index in [1.165, 1.54) is 51.6 Å². The third-order valence-corrected chi connectivity index (χ3v) is 4.41. The summed E-state index contributed by atoms with van der Waals surface area (Å²) in [6.45, 7) is 5.99. The largest absolute Gasteiger partial charge is 0.308 e. The second kappa shape index (κ2) is 6.88. The van der Waals surface area contributed by atoms with E-state index in [1.54, 1.807) is 0 Å². The number of nitrogens with one attached hydrogen (secondary N) is 1. The Morgan fingerprint density at radius 3 is 2.33 bits per heavy atom. The minimum atomic E-state index is 0.645. The van der Waals surface area contributed by atoms with E-state index in [-0.39, 0.29) is 0 Å². The monoisotopic (exact) mass is 253 g/mol. The first-order valence-corrected chi connectivity index (χ1v) is 7.80. The zero-order valence-corrected chi connectivity index (χ0v) is 12.5. The topological polar surface area (TPSA) is 18.5 Å². The van der Waals surface area contributed by atoms with E-state index in [2.05, 4.69) is 36.1 Å². The number of likely N-dealkylation sites (N-methyl/N-ethyl adjacent to an activating group) is 1. The Morgan fingerprint density at radius 1 is 1.06 bits per heavy atom. The first-order chi connectivity index (χ1) is 8.65. The third kappa shape index (κ3) is 4.22. The Labute approximate surface area is 113 Å². The molecule has 2 fully saturated rings. The van der Waals surface area contributed by atoms with Gasteiger partial charge < -0.3 is 10.2 Å². The van der Waals surface area contributed by atoms with Gasteiger partial charge in [0.15, 0.2) is 0 Å². The van der Waals surface area contributed by atoms with E-state index in [0.29, 0.717) is 12.1 Å².